The summed E-state index contributed by atoms with van der Waals surface area (Å²) in [6.07, 6.45) is 0.398. The normalized spacial score (nSPS) is 10.1. The zero-order valence-corrected chi connectivity index (χ0v) is 8.62. The van der Waals surface area contributed by atoms with E-state index in [-0.39, 0.29) is 5.91 Å². The number of hydrogen-bond acceptors (Lipinski definition) is 5. The van der Waals surface area contributed by atoms with E-state index in [2.05, 4.69) is 25.9 Å². The van der Waals surface area contributed by atoms with Crippen LogP contribution in [0.5, 0.6) is 0 Å². The molecule has 0 spiro atoms. The number of H-pyrrole nitrogens is 1. The molecule has 0 saturated carbocycles. The Balaban J connectivity index is 1.78. The molecule has 0 aliphatic heterocycles. The number of nitrogens with zero attached hydrogens (tertiary/aromatic N) is 3. The first-order chi connectivity index (χ1) is 7.34. The van der Waals surface area contributed by atoms with E-state index in [9.17, 15) is 4.79 Å². The van der Waals surface area contributed by atoms with Gasteiger partial charge < -0.3 is 5.32 Å². The van der Waals surface area contributed by atoms with Crippen molar-refractivity contribution in [1.29, 1.82) is 0 Å². The third kappa shape index (κ3) is 2.84. The second-order valence-corrected chi connectivity index (χ2v) is 3.89. The predicted molar refractivity (Wildman–Crippen MR) is 54.0 cm³/mol. The molecule has 0 saturated heterocycles. The quantitative estimate of drug-likeness (QED) is 0.771. The van der Waals surface area contributed by atoms with E-state index in [4.69, 9.17) is 0 Å². The van der Waals surface area contributed by atoms with Gasteiger partial charge in [-0.25, -0.2) is 0 Å². The fourth-order valence-electron chi connectivity index (χ4n) is 1.07. The minimum atomic E-state index is -0.0396. The standard InChI is InChI=1S/C8H9N5OS/c14-8(4-6-2-1-3-15-6)9-5-7-10-12-13-11-7/h1-3H,4-5H2,(H,9,14)(H,10,11,12,13). The summed E-state index contributed by atoms with van der Waals surface area (Å²) < 4.78 is 0. The number of hydrogen-bond donors (Lipinski definition) is 2. The number of nitrogens with one attached hydrogen (secondary N) is 2. The van der Waals surface area contributed by atoms with Crippen LogP contribution in [0.3, 0.4) is 0 Å². The second kappa shape index (κ2) is 4.65. The molecule has 2 aromatic rings. The van der Waals surface area contributed by atoms with Crippen molar-refractivity contribution in [2.24, 2.45) is 0 Å². The molecule has 0 unspecified atom stereocenters. The summed E-state index contributed by atoms with van der Waals surface area (Å²) in [5.41, 5.74) is 0. The van der Waals surface area contributed by atoms with Gasteiger partial charge in [0, 0.05) is 4.88 Å². The molecule has 0 fully saturated rings. The minimum absolute atomic E-state index is 0.0396. The molecule has 0 atom stereocenters. The molecular formula is C8H9N5OS. The molecule has 15 heavy (non-hydrogen) atoms. The Morgan fingerprint density at radius 3 is 3.20 bits per heavy atom. The van der Waals surface area contributed by atoms with Gasteiger partial charge in [0.1, 0.15) is 0 Å². The molecule has 0 bridgehead atoms. The van der Waals surface area contributed by atoms with Crippen LogP contribution < -0.4 is 5.32 Å². The Bertz CT molecular complexity index is 410. The lowest BCUT2D eigenvalue weighted by atomic mass is 10.3. The Morgan fingerprint density at radius 1 is 1.60 bits per heavy atom. The van der Waals surface area contributed by atoms with Gasteiger partial charge in [-0.2, -0.15) is 5.21 Å². The second-order valence-electron chi connectivity index (χ2n) is 2.86. The summed E-state index contributed by atoms with van der Waals surface area (Å²) in [6.45, 7) is 0.306. The summed E-state index contributed by atoms with van der Waals surface area (Å²) in [6, 6.07) is 3.85. The van der Waals surface area contributed by atoms with Crippen LogP contribution in [0.2, 0.25) is 0 Å². The number of rotatable bonds is 4. The molecule has 2 N–H and O–H groups in total. The van der Waals surface area contributed by atoms with Crippen molar-refractivity contribution >= 4 is 17.2 Å². The van der Waals surface area contributed by atoms with Crippen LogP contribution in [0.15, 0.2) is 17.5 Å². The largest absolute Gasteiger partial charge is 0.348 e. The van der Waals surface area contributed by atoms with Gasteiger partial charge in [0.15, 0.2) is 5.82 Å². The van der Waals surface area contributed by atoms with Crippen LogP contribution >= 0.6 is 11.3 Å². The highest BCUT2D eigenvalue weighted by molar-refractivity contribution is 7.10. The lowest BCUT2D eigenvalue weighted by molar-refractivity contribution is -0.120. The smallest absolute Gasteiger partial charge is 0.225 e. The molecule has 2 aromatic heterocycles. The number of thiophene rings is 1. The van der Waals surface area contributed by atoms with Gasteiger partial charge >= 0.3 is 0 Å². The molecule has 7 heteroatoms. The van der Waals surface area contributed by atoms with Gasteiger partial charge in [0.05, 0.1) is 13.0 Å². The fraction of sp³-hybridized carbons (Fsp3) is 0.250. The monoisotopic (exact) mass is 223 g/mol. The molecule has 0 radical (unpaired) electrons. The summed E-state index contributed by atoms with van der Waals surface area (Å²) >= 11 is 1.56. The molecular weight excluding hydrogens is 214 g/mol. The van der Waals surface area contributed by atoms with E-state index < -0.39 is 0 Å². The van der Waals surface area contributed by atoms with Gasteiger partial charge in [0.2, 0.25) is 5.91 Å². The highest BCUT2D eigenvalue weighted by Crippen LogP contribution is 2.08. The molecule has 2 rings (SSSR count). The zero-order chi connectivity index (χ0) is 10.5. The van der Waals surface area contributed by atoms with Crippen molar-refractivity contribution in [3.8, 4) is 0 Å². The summed E-state index contributed by atoms with van der Waals surface area (Å²) in [7, 11) is 0. The molecule has 6 nitrogen and oxygen atoms in total. The first-order valence-corrected chi connectivity index (χ1v) is 5.24. The summed E-state index contributed by atoms with van der Waals surface area (Å²) in [5.74, 6) is 0.441. The van der Waals surface area contributed by atoms with Crippen LogP contribution in [0, 0.1) is 0 Å². The first-order valence-electron chi connectivity index (χ1n) is 4.36. The maximum absolute atomic E-state index is 11.4. The first kappa shape index (κ1) is 9.78. The molecule has 0 aliphatic rings. The van der Waals surface area contributed by atoms with E-state index in [1.165, 1.54) is 0 Å². The lowest BCUT2D eigenvalue weighted by Crippen LogP contribution is -2.24. The molecule has 0 aromatic carbocycles. The maximum Gasteiger partial charge on any atom is 0.225 e. The zero-order valence-electron chi connectivity index (χ0n) is 7.80. The van der Waals surface area contributed by atoms with Crippen LogP contribution in [-0.4, -0.2) is 26.5 Å². The van der Waals surface area contributed by atoms with Crippen LogP contribution in [-0.2, 0) is 17.8 Å². The molecule has 78 valence electrons. The van der Waals surface area contributed by atoms with Crippen molar-refractivity contribution in [3.63, 3.8) is 0 Å². The third-order valence-electron chi connectivity index (χ3n) is 1.75. The number of carbonyl (C=O) groups excluding carboxylic acids is 1. The maximum atomic E-state index is 11.4. The Hall–Kier alpha value is -1.76. The third-order valence-corrected chi connectivity index (χ3v) is 2.62. The topological polar surface area (TPSA) is 83.6 Å². The molecule has 2 heterocycles. The van der Waals surface area contributed by atoms with Gasteiger partial charge in [-0.05, 0) is 11.4 Å². The average molecular weight is 223 g/mol. The number of amides is 1. The van der Waals surface area contributed by atoms with Gasteiger partial charge in [-0.15, -0.1) is 21.5 Å². The van der Waals surface area contributed by atoms with Gasteiger partial charge in [-0.1, -0.05) is 11.3 Å². The number of tetrazole rings is 1. The summed E-state index contributed by atoms with van der Waals surface area (Å²) in [5, 5.41) is 17.8. The Morgan fingerprint density at radius 2 is 2.53 bits per heavy atom. The van der Waals surface area contributed by atoms with Gasteiger partial charge in [-0.3, -0.25) is 4.79 Å². The van der Waals surface area contributed by atoms with Crippen LogP contribution in [0.4, 0.5) is 0 Å². The summed E-state index contributed by atoms with van der Waals surface area (Å²) in [4.78, 5) is 12.5. The van der Waals surface area contributed by atoms with Crippen molar-refractivity contribution in [2.45, 2.75) is 13.0 Å². The molecule has 1 amide bonds. The van der Waals surface area contributed by atoms with Gasteiger partial charge in [0.25, 0.3) is 0 Å². The predicted octanol–water partition coefficient (Wildman–Crippen LogP) is 0.120. The van der Waals surface area contributed by atoms with Crippen molar-refractivity contribution in [2.75, 3.05) is 0 Å². The van der Waals surface area contributed by atoms with Crippen molar-refractivity contribution < 1.29 is 4.79 Å². The average Bonchev–Trinajstić information content (AvgIpc) is 2.86. The fourth-order valence-corrected chi connectivity index (χ4v) is 1.77. The highest BCUT2D eigenvalue weighted by Gasteiger charge is 2.05. The number of aromatic nitrogens is 4. The van der Waals surface area contributed by atoms with E-state index in [1.54, 1.807) is 11.3 Å². The Kier molecular flexibility index (Phi) is 3.03. The minimum Gasteiger partial charge on any atom is -0.348 e. The van der Waals surface area contributed by atoms with E-state index in [1.807, 2.05) is 17.5 Å². The van der Waals surface area contributed by atoms with Crippen molar-refractivity contribution in [1.82, 2.24) is 25.9 Å². The lowest BCUT2D eigenvalue weighted by Gasteiger charge is -1.99. The van der Waals surface area contributed by atoms with E-state index >= 15 is 0 Å². The van der Waals surface area contributed by atoms with Crippen LogP contribution in [0.25, 0.3) is 0 Å². The van der Waals surface area contributed by atoms with E-state index in [0.717, 1.165) is 4.88 Å². The molecule has 0 aliphatic carbocycles. The van der Waals surface area contributed by atoms with Crippen molar-refractivity contribution in [3.05, 3.63) is 28.2 Å². The van der Waals surface area contributed by atoms with E-state index in [0.29, 0.717) is 18.8 Å². The number of carbonyl (C=O) groups is 1. The highest BCUT2D eigenvalue weighted by atomic mass is 32.1. The van der Waals surface area contributed by atoms with Crippen LogP contribution in [0.1, 0.15) is 10.7 Å². The SMILES string of the molecule is O=C(Cc1cccs1)NCc1nn[nH]n1. The Labute approximate surface area is 89.7 Å². The number of aromatic amines is 1.